The van der Waals surface area contributed by atoms with Gasteiger partial charge in [0, 0.05) is 41.1 Å². The number of Topliss-reactive ketones (excluding diaryl/α,β-unsaturated/α-hetero) is 2. The molecule has 25 heteroatoms. The fourth-order valence-electron chi connectivity index (χ4n) is 7.31. The normalized spacial score (nSPS) is 13.6. The molecule has 4 N–H and O–H groups in total. The highest BCUT2D eigenvalue weighted by Gasteiger charge is 2.74. The van der Waals surface area contributed by atoms with E-state index in [1.54, 1.807) is 71.0 Å². The maximum absolute atomic E-state index is 14.6. The highest BCUT2D eigenvalue weighted by molar-refractivity contribution is 5.98. The van der Waals surface area contributed by atoms with Gasteiger partial charge in [0.15, 0.2) is 11.6 Å². The summed E-state index contributed by atoms with van der Waals surface area (Å²) in [6.45, 7) is 14.1. The summed E-state index contributed by atoms with van der Waals surface area (Å²) in [5.41, 5.74) is -6.58. The van der Waals surface area contributed by atoms with Crippen LogP contribution in [-0.4, -0.2) is 65.2 Å². The van der Waals surface area contributed by atoms with Crippen LogP contribution in [0.25, 0.3) is 0 Å². The van der Waals surface area contributed by atoms with Crippen LogP contribution in [0.3, 0.4) is 0 Å². The molecule has 0 aromatic heterocycles. The first-order chi connectivity index (χ1) is 34.3. The van der Waals surface area contributed by atoms with Crippen molar-refractivity contribution in [1.29, 1.82) is 0 Å². The number of hydrogen-bond acceptors (Lipinski definition) is 6. The van der Waals surface area contributed by atoms with E-state index in [2.05, 4.69) is 5.32 Å². The van der Waals surface area contributed by atoms with Crippen molar-refractivity contribution in [2.75, 3.05) is 0 Å². The van der Waals surface area contributed by atoms with Gasteiger partial charge in [0.1, 0.15) is 5.60 Å². The van der Waals surface area contributed by atoms with Crippen molar-refractivity contribution in [3.63, 3.8) is 0 Å². The first-order valence-corrected chi connectivity index (χ1v) is 22.5. The second kappa shape index (κ2) is 24.4. The number of carbonyl (C=O) groups excluding carboxylic acids is 3. The summed E-state index contributed by atoms with van der Waals surface area (Å²) in [4.78, 5) is 46.4. The zero-order chi connectivity index (χ0) is 59.1. The minimum atomic E-state index is -6.22. The molecule has 0 heterocycles. The number of benzene rings is 4. The minimum absolute atomic E-state index is 0.00989. The quantitative estimate of drug-likeness (QED) is 0.0896. The molecule has 0 fully saturated rings. The predicted molar refractivity (Wildman–Crippen MR) is 244 cm³/mol. The average molecular weight is 1110 g/mol. The van der Waals surface area contributed by atoms with E-state index in [9.17, 15) is 89.0 Å². The van der Waals surface area contributed by atoms with Gasteiger partial charge in [0.2, 0.25) is 0 Å². The zero-order valence-corrected chi connectivity index (χ0v) is 41.9. The highest BCUT2D eigenvalue weighted by atomic mass is 19.4. The number of carboxylic acids is 1. The molecule has 8 nitrogen and oxygen atoms in total. The zero-order valence-electron chi connectivity index (χ0n) is 41.9. The van der Waals surface area contributed by atoms with E-state index < -0.39 is 82.8 Å². The number of aliphatic carboxylic acids is 1. The third-order valence-corrected chi connectivity index (χ3v) is 11.4. The molecular formula is C51H53F17N2O6. The number of alkyl carbamates (subject to hydrolysis) is 1. The number of rotatable bonds is 13. The highest BCUT2D eigenvalue weighted by Crippen LogP contribution is 2.55. The van der Waals surface area contributed by atoms with Crippen molar-refractivity contribution in [2.24, 2.45) is 5.73 Å². The van der Waals surface area contributed by atoms with E-state index in [0.717, 1.165) is 5.56 Å². The fourth-order valence-corrected chi connectivity index (χ4v) is 7.31. The Hall–Kier alpha value is -6.27. The minimum Gasteiger partial charge on any atom is -0.475 e. The van der Waals surface area contributed by atoms with Crippen molar-refractivity contribution < 1.29 is 104 Å². The molecule has 0 radical (unpaired) electrons. The van der Waals surface area contributed by atoms with Crippen molar-refractivity contribution in [2.45, 2.75) is 148 Å². The first-order valence-electron chi connectivity index (χ1n) is 22.5. The van der Waals surface area contributed by atoms with Gasteiger partial charge in [-0.25, -0.2) is 18.4 Å². The number of ether oxygens (including phenoxy) is 1. The summed E-state index contributed by atoms with van der Waals surface area (Å²) < 4.78 is 224. The van der Waals surface area contributed by atoms with Crippen LogP contribution in [0.5, 0.6) is 0 Å². The van der Waals surface area contributed by atoms with Crippen LogP contribution in [0, 0.1) is 13.8 Å². The van der Waals surface area contributed by atoms with Crippen LogP contribution in [0.1, 0.15) is 137 Å². The summed E-state index contributed by atoms with van der Waals surface area (Å²) in [5, 5.41) is 9.79. The number of nitrogens with two attached hydrogens (primary N) is 1. The molecule has 0 aliphatic carbocycles. The van der Waals surface area contributed by atoms with Crippen LogP contribution in [-0.2, 0) is 46.6 Å². The Balaban J connectivity index is 0.000000468. The Kier molecular flexibility index (Phi) is 21.1. The van der Waals surface area contributed by atoms with Gasteiger partial charge < -0.3 is 20.9 Å². The molecule has 0 aliphatic heterocycles. The van der Waals surface area contributed by atoms with Gasteiger partial charge in [0.25, 0.3) is 0 Å². The number of halogens is 17. The maximum Gasteiger partial charge on any atom is 0.490 e. The summed E-state index contributed by atoms with van der Waals surface area (Å²) in [5.74, 6) is -3.57. The van der Waals surface area contributed by atoms with Gasteiger partial charge in [-0.1, -0.05) is 86.6 Å². The summed E-state index contributed by atoms with van der Waals surface area (Å²) in [7, 11) is 0. The van der Waals surface area contributed by atoms with E-state index >= 15 is 0 Å². The Morgan fingerprint density at radius 1 is 0.553 bits per heavy atom. The summed E-state index contributed by atoms with van der Waals surface area (Å²) in [6, 6.07) is 14.1. The van der Waals surface area contributed by atoms with Crippen molar-refractivity contribution >= 4 is 23.6 Å². The van der Waals surface area contributed by atoms with E-state index in [1.165, 1.54) is 39.8 Å². The lowest BCUT2D eigenvalue weighted by molar-refractivity contribution is -0.349. The first kappa shape index (κ1) is 65.8. The van der Waals surface area contributed by atoms with E-state index in [0.29, 0.717) is 35.4 Å². The predicted octanol–water partition coefficient (Wildman–Crippen LogP) is 14.8. The van der Waals surface area contributed by atoms with Gasteiger partial charge in [-0.3, -0.25) is 9.59 Å². The third kappa shape index (κ3) is 16.1. The molecule has 4 rings (SSSR count). The van der Waals surface area contributed by atoms with Gasteiger partial charge in [0.05, 0.1) is 6.04 Å². The lowest BCUT2D eigenvalue weighted by atomic mass is 9.86. The van der Waals surface area contributed by atoms with Crippen LogP contribution >= 0.6 is 0 Å². The molecule has 0 aliphatic rings. The van der Waals surface area contributed by atoms with E-state index in [1.807, 2.05) is 0 Å². The number of ketones is 2. The molecule has 4 aromatic carbocycles. The third-order valence-electron chi connectivity index (χ3n) is 11.4. The topological polar surface area (TPSA) is 136 Å². The van der Waals surface area contributed by atoms with Gasteiger partial charge >= 0.3 is 54.3 Å². The van der Waals surface area contributed by atoms with Crippen LogP contribution < -0.4 is 11.1 Å². The number of nitrogens with one attached hydrogen (secondary N) is 1. The molecule has 0 saturated heterocycles. The van der Waals surface area contributed by atoms with Gasteiger partial charge in [-0.2, -0.15) is 65.9 Å². The number of carbonyl (C=O) groups is 4. The second-order valence-electron chi connectivity index (χ2n) is 18.3. The standard InChI is InChI=1S/C27H30F7NO3.C22H22F7NO.C2HF3O2/c1-7-17-13-20(25(28,26(29,30)31)27(32,33)34)12-15(2)21(17)14-22(36)19-10-8-18(9-11-19)16(3)35-23(37)38-24(4,5)6;1-4-14-10-17(20(23,21(24,25)26)22(27,28)29)9-12(2)18(14)11-19(31)16-7-5-15(6-8-16)13(3)30;3-2(4,5)1(6)7/h8-13,16H,7,14H2,1-6H3,(H,35,37);5-10,13H,4,11,30H2,1-3H3;(H,6,7). The molecule has 0 bridgehead atoms. The number of amides is 1. The fraction of sp³-hybridized carbons (Fsp3) is 0.451. The number of aryl methyl sites for hydroxylation is 4. The van der Waals surface area contributed by atoms with Crippen LogP contribution in [0.15, 0.2) is 72.8 Å². The lowest BCUT2D eigenvalue weighted by Crippen LogP contribution is -2.50. The SMILES string of the molecule is CCc1cc(C(F)(C(F)(F)F)C(F)(F)F)cc(C)c1CC(=O)c1ccc(C(C)N)cc1.CCc1cc(C(F)(C(F)(F)F)C(F)(F)F)cc(C)c1CC(=O)c1ccc(C(C)NC(=O)OC(C)(C)C)cc1.O=C(O)C(F)(F)F. The molecule has 1 amide bonds. The molecule has 76 heavy (non-hydrogen) atoms. The molecule has 4 aromatic rings. The van der Waals surface area contributed by atoms with E-state index in [-0.39, 0.29) is 76.5 Å². The van der Waals surface area contributed by atoms with Gasteiger partial charge in [-0.15, -0.1) is 0 Å². The molecule has 422 valence electrons. The molecule has 2 unspecified atom stereocenters. The Labute approximate surface area is 425 Å². The summed E-state index contributed by atoms with van der Waals surface area (Å²) >= 11 is 0. The number of hydrogen-bond donors (Lipinski definition) is 3. The summed E-state index contributed by atoms with van der Waals surface area (Å²) in [6.07, 6.45) is -31.1. The molecule has 0 spiro atoms. The molecular weight excluding hydrogens is 1060 g/mol. The number of alkyl halides is 17. The van der Waals surface area contributed by atoms with Crippen LogP contribution in [0.2, 0.25) is 0 Å². The van der Waals surface area contributed by atoms with Crippen molar-refractivity contribution in [1.82, 2.24) is 5.32 Å². The Morgan fingerprint density at radius 3 is 1.11 bits per heavy atom. The second-order valence-corrected chi connectivity index (χ2v) is 18.3. The Bertz CT molecular complexity index is 2640. The van der Waals surface area contributed by atoms with Crippen molar-refractivity contribution in [3.05, 3.63) is 140 Å². The molecule has 2 atom stereocenters. The average Bonchev–Trinajstić information content (AvgIpc) is 3.27. The Morgan fingerprint density at radius 2 is 0.855 bits per heavy atom. The molecule has 0 saturated carbocycles. The van der Waals surface area contributed by atoms with E-state index in [4.69, 9.17) is 20.4 Å². The van der Waals surface area contributed by atoms with Crippen LogP contribution in [0.4, 0.5) is 79.4 Å². The lowest BCUT2D eigenvalue weighted by Gasteiger charge is -2.31. The number of carboxylic acid groups (broad SMARTS) is 1. The van der Waals surface area contributed by atoms with Gasteiger partial charge in [-0.05, 0) is 106 Å². The maximum atomic E-state index is 14.6. The largest absolute Gasteiger partial charge is 0.490 e. The van der Waals surface area contributed by atoms with Crippen molar-refractivity contribution in [3.8, 4) is 0 Å². The monoisotopic (exact) mass is 1110 g/mol. The smallest absolute Gasteiger partial charge is 0.475 e.